The molecule has 69 heavy (non-hydrogen) atoms. The monoisotopic (exact) mass is 954 g/mol. The Morgan fingerprint density at radius 1 is 0.725 bits per heavy atom. The second kappa shape index (κ2) is 22.2. The van der Waals surface area contributed by atoms with Crippen LogP contribution in [0.5, 0.6) is 0 Å². The molecule has 370 valence electrons. The first-order chi connectivity index (χ1) is 33.3. The van der Waals surface area contributed by atoms with Gasteiger partial charge in [-0.25, -0.2) is 19.2 Å². The molecule has 9 unspecified atom stereocenters. The molecule has 0 spiro atoms. The van der Waals surface area contributed by atoms with E-state index < -0.39 is 104 Å². The third-order valence-corrected chi connectivity index (χ3v) is 14.3. The highest BCUT2D eigenvalue weighted by Gasteiger charge is 2.60. The molecule has 19 nitrogen and oxygen atoms in total. The third kappa shape index (κ3) is 11.2. The lowest BCUT2D eigenvalue weighted by Gasteiger charge is -2.51. The van der Waals surface area contributed by atoms with Gasteiger partial charge < -0.3 is 53.3 Å². The summed E-state index contributed by atoms with van der Waals surface area (Å²) < 4.78 is 56.9. The zero-order chi connectivity index (χ0) is 48.8. The molecule has 1 saturated carbocycles. The topological polar surface area (TPSA) is 227 Å². The van der Waals surface area contributed by atoms with Gasteiger partial charge in [0.2, 0.25) is 0 Å². The predicted octanol–water partition coefficient (Wildman–Crippen LogP) is 7.62. The van der Waals surface area contributed by atoms with Crippen LogP contribution in [-0.4, -0.2) is 116 Å². The van der Waals surface area contributed by atoms with Crippen LogP contribution in [0.15, 0.2) is 96.1 Å². The van der Waals surface area contributed by atoms with Crippen molar-refractivity contribution in [1.29, 1.82) is 0 Å². The fraction of sp³-hybridized carbons (Fsp3) is 0.560. The zero-order valence-corrected chi connectivity index (χ0v) is 39.6. The molecule has 3 aromatic carbocycles. The van der Waals surface area contributed by atoms with Crippen LogP contribution in [0.2, 0.25) is 0 Å². The molecule has 2 N–H and O–H groups in total. The van der Waals surface area contributed by atoms with E-state index in [1.807, 2.05) is 43.3 Å². The summed E-state index contributed by atoms with van der Waals surface area (Å²) in [6.45, 7) is 10.3. The summed E-state index contributed by atoms with van der Waals surface area (Å²) in [5.74, 6) is -0.523. The van der Waals surface area contributed by atoms with Gasteiger partial charge in [-0.15, -0.1) is 0 Å². The van der Waals surface area contributed by atoms with Crippen molar-refractivity contribution in [1.82, 2.24) is 15.5 Å². The third-order valence-electron chi connectivity index (χ3n) is 14.3. The highest BCUT2D eigenvalue weighted by atomic mass is 16.8. The Morgan fingerprint density at radius 2 is 1.32 bits per heavy atom. The lowest BCUT2D eigenvalue weighted by Crippen LogP contribution is -2.68. The molecule has 0 radical (unpaired) electrons. The van der Waals surface area contributed by atoms with Crippen LogP contribution in [0.1, 0.15) is 75.4 Å². The second-order valence-corrected chi connectivity index (χ2v) is 18.7. The molecule has 4 saturated heterocycles. The molecule has 3 aromatic rings. The molecule has 17 atom stereocenters. The summed E-state index contributed by atoms with van der Waals surface area (Å²) in [6, 6.07) is 22.1. The molecule has 1 aliphatic carbocycles. The lowest BCUT2D eigenvalue weighted by molar-refractivity contribution is -0.369. The number of azide groups is 1. The number of ether oxygens (including phenoxy) is 9. The molecule has 3 amide bonds. The summed E-state index contributed by atoms with van der Waals surface area (Å²) in [7, 11) is 1.62. The zero-order valence-electron chi connectivity index (χ0n) is 39.6. The minimum Gasteiger partial charge on any atom is -0.456 e. The first-order valence-electron chi connectivity index (χ1n) is 23.8. The minimum absolute atomic E-state index is 0.0116. The van der Waals surface area contributed by atoms with Gasteiger partial charge in [-0.05, 0) is 59.9 Å². The number of benzene rings is 3. The maximum absolute atomic E-state index is 13.8. The number of amides is 3. The standard InChI is InChI=1S/C50H62N6O13/c1-7-36-29(4)28(3)30(5)46(63-36)69-47-39-43(68-50(60)56(39)6)42-37(64-47)23-27(2)45(67-42)66-41-35(53-49(59)62-26-32-19-13-9-14-20-32)24-34(52-48(58)61-25-31-17-11-8-12-18-31)40(38(41)54-55-51)65-44(57)33-21-15-10-16-22-33/h8-22,27-30,34-43,45-47H,7,23-26H2,1-6H3,(H,52,58)(H,53,59)/t27?,28-,29-,30?,34+,35?,36?,37-,38+,39?,40?,41+,42?,43?,45-,46+,47?/m0/s1. The van der Waals surface area contributed by atoms with E-state index in [1.54, 1.807) is 61.6 Å². The Bertz CT molecular complexity index is 2270. The predicted molar refractivity (Wildman–Crippen MR) is 246 cm³/mol. The van der Waals surface area contributed by atoms with E-state index in [0.717, 1.165) is 17.5 Å². The highest BCUT2D eigenvalue weighted by Crippen LogP contribution is 2.44. The van der Waals surface area contributed by atoms with Crippen molar-refractivity contribution in [2.45, 2.75) is 147 Å². The van der Waals surface area contributed by atoms with Crippen LogP contribution < -0.4 is 10.6 Å². The number of alkyl carbamates (subject to hydrolysis) is 2. The Hall–Kier alpha value is -5.95. The van der Waals surface area contributed by atoms with Crippen molar-refractivity contribution in [2.75, 3.05) is 7.05 Å². The van der Waals surface area contributed by atoms with Gasteiger partial charge in [-0.2, -0.15) is 0 Å². The molecular weight excluding hydrogens is 893 g/mol. The average Bonchev–Trinajstić information content (AvgIpc) is 3.66. The number of carbonyl (C=O) groups excluding carboxylic acids is 4. The second-order valence-electron chi connectivity index (χ2n) is 18.7. The molecule has 19 heteroatoms. The summed E-state index contributed by atoms with van der Waals surface area (Å²) >= 11 is 0. The van der Waals surface area contributed by atoms with Gasteiger partial charge in [0.25, 0.3) is 0 Å². The van der Waals surface area contributed by atoms with Gasteiger partial charge in [-0.3, -0.25) is 4.90 Å². The van der Waals surface area contributed by atoms with Crippen LogP contribution in [-0.2, 0) is 55.8 Å². The normalized spacial score (nSPS) is 35.0. The largest absolute Gasteiger partial charge is 0.456 e. The van der Waals surface area contributed by atoms with Crippen LogP contribution in [0.3, 0.4) is 0 Å². The Labute approximate surface area is 401 Å². The van der Waals surface area contributed by atoms with E-state index in [2.05, 4.69) is 48.4 Å². The maximum atomic E-state index is 13.8. The van der Waals surface area contributed by atoms with Gasteiger partial charge in [0.05, 0.1) is 36.0 Å². The van der Waals surface area contributed by atoms with Gasteiger partial charge >= 0.3 is 24.2 Å². The average molecular weight is 955 g/mol. The number of hydrogen-bond acceptors (Lipinski definition) is 14. The molecule has 4 heterocycles. The smallest absolute Gasteiger partial charge is 0.410 e. The molecule has 5 aliphatic rings. The fourth-order valence-electron chi connectivity index (χ4n) is 10.2. The summed E-state index contributed by atoms with van der Waals surface area (Å²) in [6.07, 6.45) is -8.72. The molecule has 0 bridgehead atoms. The molecule has 5 fully saturated rings. The number of likely N-dealkylation sites (N-methyl/N-ethyl adjacent to an activating group) is 1. The van der Waals surface area contributed by atoms with Crippen LogP contribution in [0.25, 0.3) is 10.4 Å². The van der Waals surface area contributed by atoms with Crippen LogP contribution in [0, 0.1) is 23.7 Å². The minimum atomic E-state index is -1.39. The van der Waals surface area contributed by atoms with Crippen molar-refractivity contribution in [3.63, 3.8) is 0 Å². The van der Waals surface area contributed by atoms with Gasteiger partial charge in [0.1, 0.15) is 37.5 Å². The highest BCUT2D eigenvalue weighted by molar-refractivity contribution is 5.89. The van der Waals surface area contributed by atoms with Crippen molar-refractivity contribution in [2.24, 2.45) is 28.8 Å². The lowest BCUT2D eigenvalue weighted by atomic mass is 9.78. The number of rotatable bonds is 14. The van der Waals surface area contributed by atoms with E-state index in [-0.39, 0.29) is 37.2 Å². The maximum Gasteiger partial charge on any atom is 0.410 e. The van der Waals surface area contributed by atoms with Crippen molar-refractivity contribution >= 4 is 24.2 Å². The van der Waals surface area contributed by atoms with E-state index in [1.165, 1.54) is 4.90 Å². The van der Waals surface area contributed by atoms with Crippen LogP contribution >= 0.6 is 0 Å². The van der Waals surface area contributed by atoms with E-state index in [4.69, 9.17) is 42.6 Å². The first-order valence-corrected chi connectivity index (χ1v) is 23.8. The quantitative estimate of drug-likeness (QED) is 0.0522. The van der Waals surface area contributed by atoms with Crippen LogP contribution in [0.4, 0.5) is 14.4 Å². The molecular formula is C50H62N6O13. The Balaban J connectivity index is 1.07. The Kier molecular flexibility index (Phi) is 15.9. The molecule has 0 aromatic heterocycles. The number of nitrogens with one attached hydrogen (secondary N) is 2. The van der Waals surface area contributed by atoms with Crippen molar-refractivity contribution in [3.8, 4) is 0 Å². The molecule has 8 rings (SSSR count). The molecule has 4 aliphatic heterocycles. The van der Waals surface area contributed by atoms with Crippen molar-refractivity contribution < 1.29 is 61.8 Å². The number of carbonyl (C=O) groups is 4. The number of esters is 1. The number of fused-ring (bicyclic) bond motifs is 3. The SMILES string of the molecule is CCC1O[C@H](OC2O[C@H]3CC(C)[C@@H](O[C@@H]4C(NC(=O)OCc5ccccc5)C[C@@H](NC(=O)OCc5ccccc5)C(OC(=O)c5ccccc5)[C@H]4N=[N+]=[N-])OC3C3OC(=O)N(C)C23)C(C)[C@@H](C)[C@@H]1C. The first kappa shape index (κ1) is 49.5. The van der Waals surface area contributed by atoms with Gasteiger partial charge in [0.15, 0.2) is 25.0 Å². The van der Waals surface area contributed by atoms with Gasteiger partial charge in [-0.1, -0.05) is 119 Å². The number of nitrogens with zero attached hydrogens (tertiary/aromatic N) is 4. The summed E-state index contributed by atoms with van der Waals surface area (Å²) in [5, 5.41) is 9.82. The van der Waals surface area contributed by atoms with E-state index in [0.29, 0.717) is 18.3 Å². The Morgan fingerprint density at radius 3 is 1.91 bits per heavy atom. The fourth-order valence-corrected chi connectivity index (χ4v) is 10.2. The summed E-state index contributed by atoms with van der Waals surface area (Å²) in [4.78, 5) is 59.0. The summed E-state index contributed by atoms with van der Waals surface area (Å²) in [5.41, 5.74) is 11.8. The van der Waals surface area contributed by atoms with E-state index in [9.17, 15) is 24.7 Å². The van der Waals surface area contributed by atoms with Gasteiger partial charge in [0, 0.05) is 23.8 Å². The number of hydrogen-bond donors (Lipinski definition) is 2. The van der Waals surface area contributed by atoms with E-state index >= 15 is 0 Å². The van der Waals surface area contributed by atoms with Crippen molar-refractivity contribution in [3.05, 3.63) is 118 Å².